The summed E-state index contributed by atoms with van der Waals surface area (Å²) in [5.74, 6) is -0.290. The fourth-order valence-corrected chi connectivity index (χ4v) is 3.86. The summed E-state index contributed by atoms with van der Waals surface area (Å²) in [5.41, 5.74) is 6.89. The zero-order valence-electron chi connectivity index (χ0n) is 15.7. The first-order valence-corrected chi connectivity index (χ1v) is 9.29. The molecule has 0 unspecified atom stereocenters. The standard InChI is InChI=1S/C25H19FNO/c1-16-8-10-21-20-11-9-19(26)15-23(20)28-25(21)24(16)22-14-18(12-13-27(22)2)17-6-4-3-5-7-17/h3-15H,1-2H3/q+1. The number of benzene rings is 3. The number of nitrogens with zero attached hydrogens (tertiary/aromatic N) is 1. The maximum Gasteiger partial charge on any atom is 0.216 e. The molecule has 3 aromatic carbocycles. The Morgan fingerprint density at radius 2 is 1.61 bits per heavy atom. The number of pyridine rings is 1. The van der Waals surface area contributed by atoms with Crippen molar-refractivity contribution in [1.82, 2.24) is 0 Å². The second-order valence-electron chi connectivity index (χ2n) is 7.15. The molecule has 136 valence electrons. The minimum Gasteiger partial charge on any atom is -0.455 e. The van der Waals surface area contributed by atoms with E-state index < -0.39 is 0 Å². The second kappa shape index (κ2) is 6.31. The molecule has 28 heavy (non-hydrogen) atoms. The Balaban J connectivity index is 1.82. The largest absolute Gasteiger partial charge is 0.455 e. The predicted molar refractivity (Wildman–Crippen MR) is 110 cm³/mol. The zero-order valence-corrected chi connectivity index (χ0v) is 15.7. The van der Waals surface area contributed by atoms with Crippen molar-refractivity contribution in [3.63, 3.8) is 0 Å². The average molecular weight is 368 g/mol. The van der Waals surface area contributed by atoms with Crippen LogP contribution in [-0.4, -0.2) is 0 Å². The van der Waals surface area contributed by atoms with E-state index in [-0.39, 0.29) is 5.82 Å². The highest BCUT2D eigenvalue weighted by Crippen LogP contribution is 2.37. The molecular weight excluding hydrogens is 349 g/mol. The topological polar surface area (TPSA) is 17.0 Å². The lowest BCUT2D eigenvalue weighted by atomic mass is 9.98. The van der Waals surface area contributed by atoms with Gasteiger partial charge in [-0.3, -0.25) is 0 Å². The lowest BCUT2D eigenvalue weighted by Crippen LogP contribution is -2.30. The van der Waals surface area contributed by atoms with Crippen molar-refractivity contribution in [3.05, 3.63) is 90.4 Å². The smallest absolute Gasteiger partial charge is 0.216 e. The highest BCUT2D eigenvalue weighted by Gasteiger charge is 2.21. The van der Waals surface area contributed by atoms with Crippen LogP contribution in [0, 0.1) is 12.7 Å². The van der Waals surface area contributed by atoms with Crippen molar-refractivity contribution in [2.75, 3.05) is 0 Å². The van der Waals surface area contributed by atoms with Gasteiger partial charge in [0, 0.05) is 29.0 Å². The molecule has 0 radical (unpaired) electrons. The summed E-state index contributed by atoms with van der Waals surface area (Å²) in [7, 11) is 2.03. The lowest BCUT2D eigenvalue weighted by Gasteiger charge is -2.08. The maximum atomic E-state index is 13.7. The Bertz CT molecular complexity index is 1340. The van der Waals surface area contributed by atoms with Crippen molar-refractivity contribution in [2.45, 2.75) is 6.92 Å². The number of halogens is 1. The summed E-state index contributed by atoms with van der Waals surface area (Å²) >= 11 is 0. The normalized spacial score (nSPS) is 11.4. The van der Waals surface area contributed by atoms with Gasteiger partial charge in [-0.15, -0.1) is 0 Å². The second-order valence-corrected chi connectivity index (χ2v) is 7.15. The van der Waals surface area contributed by atoms with E-state index in [9.17, 15) is 4.39 Å². The summed E-state index contributed by atoms with van der Waals surface area (Å²) in [6.07, 6.45) is 2.07. The SMILES string of the molecule is Cc1ccc2c(oc3cc(F)ccc32)c1-c1cc(-c2ccccc2)cc[n+]1C. The van der Waals surface area contributed by atoms with Gasteiger partial charge in [-0.25, -0.2) is 8.96 Å². The number of aryl methyl sites for hydroxylation is 2. The molecule has 0 N–H and O–H groups in total. The molecule has 0 aliphatic heterocycles. The highest BCUT2D eigenvalue weighted by molar-refractivity contribution is 6.09. The van der Waals surface area contributed by atoms with Gasteiger partial charge in [0.1, 0.15) is 24.0 Å². The predicted octanol–water partition coefficient (Wildman–Crippen LogP) is 6.19. The first-order chi connectivity index (χ1) is 13.6. The van der Waals surface area contributed by atoms with Gasteiger partial charge in [0.2, 0.25) is 5.69 Å². The summed E-state index contributed by atoms with van der Waals surface area (Å²) in [6, 6.07) is 23.5. The van der Waals surface area contributed by atoms with Crippen molar-refractivity contribution in [3.8, 4) is 22.4 Å². The van der Waals surface area contributed by atoms with Crippen LogP contribution in [0.1, 0.15) is 5.56 Å². The average Bonchev–Trinajstić information content (AvgIpc) is 3.06. The first-order valence-electron chi connectivity index (χ1n) is 9.29. The van der Waals surface area contributed by atoms with Gasteiger partial charge in [0.15, 0.2) is 6.20 Å². The molecule has 0 saturated carbocycles. The van der Waals surface area contributed by atoms with Crippen LogP contribution < -0.4 is 4.57 Å². The molecule has 2 aromatic heterocycles. The van der Waals surface area contributed by atoms with E-state index in [1.54, 1.807) is 6.07 Å². The van der Waals surface area contributed by atoms with Crippen LogP contribution in [-0.2, 0) is 7.05 Å². The molecule has 0 aliphatic rings. The minimum atomic E-state index is -0.290. The summed E-state index contributed by atoms with van der Waals surface area (Å²) < 4.78 is 22.0. The van der Waals surface area contributed by atoms with Crippen molar-refractivity contribution in [2.24, 2.45) is 7.05 Å². The number of hydrogen-bond donors (Lipinski definition) is 0. The number of aromatic nitrogens is 1. The van der Waals surface area contributed by atoms with Gasteiger partial charge in [-0.2, -0.15) is 0 Å². The fourth-order valence-electron chi connectivity index (χ4n) is 3.86. The summed E-state index contributed by atoms with van der Waals surface area (Å²) in [4.78, 5) is 0. The number of fused-ring (bicyclic) bond motifs is 3. The Morgan fingerprint density at radius 3 is 2.43 bits per heavy atom. The lowest BCUT2D eigenvalue weighted by molar-refractivity contribution is -0.660. The molecule has 2 heterocycles. The molecule has 3 heteroatoms. The molecule has 0 spiro atoms. The Hall–Kier alpha value is -3.46. The van der Waals surface area contributed by atoms with Gasteiger partial charge >= 0.3 is 0 Å². The Kier molecular flexibility index (Phi) is 3.76. The number of rotatable bonds is 2. The van der Waals surface area contributed by atoms with E-state index in [4.69, 9.17) is 4.42 Å². The Labute approximate surface area is 162 Å². The maximum absolute atomic E-state index is 13.7. The van der Waals surface area contributed by atoms with Crippen LogP contribution in [0.2, 0.25) is 0 Å². The summed E-state index contributed by atoms with van der Waals surface area (Å²) in [6.45, 7) is 2.08. The molecule has 0 amide bonds. The van der Waals surface area contributed by atoms with Crippen molar-refractivity contribution < 1.29 is 13.4 Å². The van der Waals surface area contributed by atoms with Crippen LogP contribution in [0.3, 0.4) is 0 Å². The minimum absolute atomic E-state index is 0.290. The number of hydrogen-bond acceptors (Lipinski definition) is 1. The van der Waals surface area contributed by atoms with Crippen molar-refractivity contribution >= 4 is 21.9 Å². The molecule has 0 saturated heterocycles. The molecule has 5 aromatic rings. The summed E-state index contributed by atoms with van der Waals surface area (Å²) in [5, 5.41) is 1.93. The van der Waals surface area contributed by atoms with Gasteiger partial charge in [0.25, 0.3) is 0 Å². The molecule has 5 rings (SSSR count). The molecule has 0 fully saturated rings. The van der Waals surface area contributed by atoms with Crippen LogP contribution in [0.5, 0.6) is 0 Å². The quantitative estimate of drug-likeness (QED) is 0.339. The monoisotopic (exact) mass is 368 g/mol. The van der Waals surface area contributed by atoms with E-state index in [0.717, 1.165) is 38.7 Å². The first kappa shape index (κ1) is 16.7. The van der Waals surface area contributed by atoms with Crippen LogP contribution in [0.25, 0.3) is 44.3 Å². The molecular formula is C25H19FNO+. The fraction of sp³-hybridized carbons (Fsp3) is 0.0800. The van der Waals surface area contributed by atoms with Crippen LogP contribution >= 0.6 is 0 Å². The van der Waals surface area contributed by atoms with Gasteiger partial charge < -0.3 is 4.42 Å². The van der Waals surface area contributed by atoms with Crippen LogP contribution in [0.4, 0.5) is 4.39 Å². The van der Waals surface area contributed by atoms with E-state index in [1.807, 2.05) is 25.2 Å². The number of furan rings is 1. The molecule has 0 aliphatic carbocycles. The molecule has 2 nitrogen and oxygen atoms in total. The van der Waals surface area contributed by atoms with E-state index in [1.165, 1.54) is 17.7 Å². The Morgan fingerprint density at radius 1 is 0.821 bits per heavy atom. The van der Waals surface area contributed by atoms with Gasteiger partial charge in [0.05, 0.1) is 5.56 Å². The van der Waals surface area contributed by atoms with Crippen LogP contribution in [0.15, 0.2) is 83.4 Å². The zero-order chi connectivity index (χ0) is 19.3. The molecule has 0 bridgehead atoms. The third kappa shape index (κ3) is 2.59. The highest BCUT2D eigenvalue weighted by atomic mass is 19.1. The van der Waals surface area contributed by atoms with Crippen molar-refractivity contribution in [1.29, 1.82) is 0 Å². The third-order valence-corrected chi connectivity index (χ3v) is 5.33. The molecule has 0 atom stereocenters. The van der Waals surface area contributed by atoms with E-state index in [2.05, 4.69) is 54.1 Å². The van der Waals surface area contributed by atoms with Gasteiger partial charge in [-0.1, -0.05) is 42.5 Å². The van der Waals surface area contributed by atoms with Gasteiger partial charge in [-0.05, 0) is 35.7 Å². The van der Waals surface area contributed by atoms with E-state index in [0.29, 0.717) is 5.58 Å². The van der Waals surface area contributed by atoms with E-state index >= 15 is 0 Å². The third-order valence-electron chi connectivity index (χ3n) is 5.33.